The number of halogens is 1. The summed E-state index contributed by atoms with van der Waals surface area (Å²) in [6.45, 7) is 4.06. The van der Waals surface area contributed by atoms with Crippen molar-refractivity contribution in [1.82, 2.24) is 5.32 Å². The molecule has 0 saturated heterocycles. The number of hydrogen-bond acceptors (Lipinski definition) is 7. The van der Waals surface area contributed by atoms with E-state index in [1.54, 1.807) is 36.0 Å². The molecule has 1 aromatic heterocycles. The zero-order chi connectivity index (χ0) is 22.3. The van der Waals surface area contributed by atoms with Crippen LogP contribution >= 0.6 is 46.5 Å². The SMILES string of the molecule is COC(=O)[C@H](CCSC)NC(=O)c1sc(SC(C)C)c(C#N)c1-c1ccc(Cl)cc1. The maximum absolute atomic E-state index is 13.2. The molecule has 0 spiro atoms. The van der Waals surface area contributed by atoms with Crippen molar-refractivity contribution in [2.24, 2.45) is 0 Å². The number of hydrogen-bond donors (Lipinski definition) is 1. The third-order valence-electron chi connectivity index (χ3n) is 4.07. The van der Waals surface area contributed by atoms with Gasteiger partial charge in [-0.15, -0.1) is 23.1 Å². The number of nitrogens with one attached hydrogen (secondary N) is 1. The van der Waals surface area contributed by atoms with Gasteiger partial charge in [-0.3, -0.25) is 4.79 Å². The summed E-state index contributed by atoms with van der Waals surface area (Å²) in [5, 5.41) is 13.5. The van der Waals surface area contributed by atoms with Crippen molar-refractivity contribution in [3.8, 4) is 17.2 Å². The normalized spacial score (nSPS) is 11.8. The fourth-order valence-corrected chi connectivity index (χ4v) is 5.93. The van der Waals surface area contributed by atoms with Gasteiger partial charge in [-0.2, -0.15) is 17.0 Å². The lowest BCUT2D eigenvalue weighted by atomic mass is 10.0. The van der Waals surface area contributed by atoms with Gasteiger partial charge in [-0.1, -0.05) is 37.6 Å². The number of thiophene rings is 1. The average molecular weight is 483 g/mol. The van der Waals surface area contributed by atoms with Crippen molar-refractivity contribution >= 4 is 58.3 Å². The van der Waals surface area contributed by atoms with Crippen molar-refractivity contribution in [2.45, 2.75) is 35.8 Å². The average Bonchev–Trinajstić information content (AvgIpc) is 3.08. The van der Waals surface area contributed by atoms with Crippen molar-refractivity contribution in [3.63, 3.8) is 0 Å². The number of nitrogens with zero attached hydrogens (tertiary/aromatic N) is 1. The van der Waals surface area contributed by atoms with Crippen LogP contribution in [0.3, 0.4) is 0 Å². The highest BCUT2D eigenvalue weighted by molar-refractivity contribution is 8.01. The van der Waals surface area contributed by atoms with E-state index in [0.29, 0.717) is 33.2 Å². The van der Waals surface area contributed by atoms with Crippen LogP contribution in [0.15, 0.2) is 28.5 Å². The minimum atomic E-state index is -0.748. The summed E-state index contributed by atoms with van der Waals surface area (Å²) in [4.78, 5) is 25.7. The predicted molar refractivity (Wildman–Crippen MR) is 127 cm³/mol. The van der Waals surface area contributed by atoms with Crippen LogP contribution < -0.4 is 5.32 Å². The van der Waals surface area contributed by atoms with Crippen LogP contribution in [0, 0.1) is 11.3 Å². The van der Waals surface area contributed by atoms with E-state index in [2.05, 4.69) is 11.4 Å². The largest absolute Gasteiger partial charge is 0.467 e. The van der Waals surface area contributed by atoms with Gasteiger partial charge < -0.3 is 10.1 Å². The highest BCUT2D eigenvalue weighted by Crippen LogP contribution is 2.43. The zero-order valence-corrected chi connectivity index (χ0v) is 20.4. The maximum atomic E-state index is 13.2. The van der Waals surface area contributed by atoms with Gasteiger partial charge in [0, 0.05) is 15.8 Å². The number of nitriles is 1. The Balaban J connectivity index is 2.52. The second-order valence-corrected chi connectivity index (χ2v) is 10.9. The Labute approximate surface area is 194 Å². The van der Waals surface area contributed by atoms with E-state index in [9.17, 15) is 14.9 Å². The van der Waals surface area contributed by atoms with Crippen molar-refractivity contribution < 1.29 is 14.3 Å². The first-order valence-corrected chi connectivity index (χ1v) is 12.7. The molecule has 1 heterocycles. The van der Waals surface area contributed by atoms with Crippen LogP contribution in [-0.4, -0.2) is 42.3 Å². The first-order chi connectivity index (χ1) is 14.3. The Bertz CT molecular complexity index is 936. The minimum absolute atomic E-state index is 0.245. The summed E-state index contributed by atoms with van der Waals surface area (Å²) in [5.41, 5.74) is 1.75. The molecule has 0 aliphatic rings. The summed E-state index contributed by atoms with van der Waals surface area (Å²) in [5.74, 6) is -0.181. The Morgan fingerprint density at radius 2 is 1.97 bits per heavy atom. The topological polar surface area (TPSA) is 79.2 Å². The lowest BCUT2D eigenvalue weighted by molar-refractivity contribution is -0.142. The molecule has 2 rings (SSSR count). The molecule has 0 unspecified atom stereocenters. The number of esters is 1. The van der Waals surface area contributed by atoms with E-state index >= 15 is 0 Å². The smallest absolute Gasteiger partial charge is 0.328 e. The number of ether oxygens (including phenoxy) is 1. The maximum Gasteiger partial charge on any atom is 0.328 e. The van der Waals surface area contributed by atoms with E-state index in [4.69, 9.17) is 16.3 Å². The van der Waals surface area contributed by atoms with E-state index in [1.807, 2.05) is 20.1 Å². The third kappa shape index (κ3) is 6.17. The van der Waals surface area contributed by atoms with Gasteiger partial charge >= 0.3 is 5.97 Å². The van der Waals surface area contributed by atoms with Gasteiger partial charge in [0.1, 0.15) is 17.0 Å². The van der Waals surface area contributed by atoms with Crippen LogP contribution in [0.25, 0.3) is 11.1 Å². The standard InChI is InChI=1S/C21H23ClN2O3S3/c1-12(2)29-21-15(11-23)17(13-5-7-14(22)8-6-13)18(30-21)19(25)24-16(9-10-28-4)20(26)27-3/h5-8,12,16H,9-10H2,1-4H3,(H,24,25)/t16-/m0/s1. The second-order valence-electron chi connectivity index (χ2n) is 6.58. The molecule has 0 radical (unpaired) electrons. The molecule has 0 fully saturated rings. The number of benzene rings is 1. The number of rotatable bonds is 9. The number of carbonyl (C=O) groups excluding carboxylic acids is 2. The molecule has 1 aromatic carbocycles. The molecule has 1 N–H and O–H groups in total. The first-order valence-electron chi connectivity index (χ1n) is 9.19. The first kappa shape index (κ1) is 24.6. The molecule has 5 nitrogen and oxygen atoms in total. The van der Waals surface area contributed by atoms with Crippen molar-refractivity contribution in [3.05, 3.63) is 39.7 Å². The quantitative estimate of drug-likeness (QED) is 0.377. The van der Waals surface area contributed by atoms with E-state index < -0.39 is 17.9 Å². The lowest BCUT2D eigenvalue weighted by Gasteiger charge is -2.16. The molecule has 0 aliphatic heterocycles. The molecule has 1 atom stereocenters. The summed E-state index contributed by atoms with van der Waals surface area (Å²) < 4.78 is 5.63. The van der Waals surface area contributed by atoms with Gasteiger partial charge in [-0.25, -0.2) is 4.79 Å². The van der Waals surface area contributed by atoms with E-state index in [1.165, 1.54) is 30.2 Å². The Hall–Kier alpha value is -1.66. The molecule has 1 amide bonds. The van der Waals surface area contributed by atoms with E-state index in [0.717, 1.165) is 9.77 Å². The van der Waals surface area contributed by atoms with Crippen LogP contribution in [0.2, 0.25) is 5.02 Å². The molecular weight excluding hydrogens is 460 g/mol. The van der Waals surface area contributed by atoms with Crippen molar-refractivity contribution in [2.75, 3.05) is 19.1 Å². The van der Waals surface area contributed by atoms with Crippen molar-refractivity contribution in [1.29, 1.82) is 5.26 Å². The van der Waals surface area contributed by atoms with Crippen LogP contribution in [0.5, 0.6) is 0 Å². The molecule has 2 aromatic rings. The fourth-order valence-electron chi connectivity index (χ4n) is 2.71. The second kappa shape index (κ2) is 11.7. The third-order valence-corrected chi connectivity index (χ3v) is 7.38. The van der Waals surface area contributed by atoms with Gasteiger partial charge in [0.05, 0.1) is 16.9 Å². The highest BCUT2D eigenvalue weighted by atomic mass is 35.5. The Kier molecular flexibility index (Phi) is 9.56. The number of methoxy groups -OCH3 is 1. The lowest BCUT2D eigenvalue weighted by Crippen LogP contribution is -2.41. The van der Waals surface area contributed by atoms with E-state index in [-0.39, 0.29) is 5.25 Å². The molecule has 0 saturated carbocycles. The van der Waals surface area contributed by atoms with Gasteiger partial charge in [0.15, 0.2) is 0 Å². The summed E-state index contributed by atoms with van der Waals surface area (Å²) in [7, 11) is 1.30. The number of carbonyl (C=O) groups is 2. The molecule has 160 valence electrons. The Morgan fingerprint density at radius 3 is 2.50 bits per heavy atom. The van der Waals surface area contributed by atoms with Gasteiger partial charge in [0.25, 0.3) is 5.91 Å². The van der Waals surface area contributed by atoms with Crippen LogP contribution in [0.4, 0.5) is 0 Å². The molecule has 0 aliphatic carbocycles. The summed E-state index contributed by atoms with van der Waals surface area (Å²) in [6, 6.07) is 8.54. The minimum Gasteiger partial charge on any atom is -0.467 e. The highest BCUT2D eigenvalue weighted by Gasteiger charge is 2.28. The van der Waals surface area contributed by atoms with Gasteiger partial charge in [0.2, 0.25) is 0 Å². The summed E-state index contributed by atoms with van der Waals surface area (Å²) in [6.07, 6.45) is 2.39. The van der Waals surface area contributed by atoms with Gasteiger partial charge in [-0.05, 0) is 36.1 Å². The molecule has 9 heteroatoms. The summed E-state index contributed by atoms with van der Waals surface area (Å²) >= 11 is 10.4. The Morgan fingerprint density at radius 1 is 1.30 bits per heavy atom. The number of thioether (sulfide) groups is 2. The number of amides is 1. The molecule has 30 heavy (non-hydrogen) atoms. The zero-order valence-electron chi connectivity index (χ0n) is 17.2. The van der Waals surface area contributed by atoms with Crippen LogP contribution in [0.1, 0.15) is 35.5 Å². The monoisotopic (exact) mass is 482 g/mol. The molecule has 0 bridgehead atoms. The predicted octanol–water partition coefficient (Wildman–Crippen LogP) is 5.47. The fraction of sp³-hybridized carbons (Fsp3) is 0.381. The molecular formula is C21H23ClN2O3S3. The van der Waals surface area contributed by atoms with Crippen LogP contribution in [-0.2, 0) is 9.53 Å².